The molecule has 6 nitrogen and oxygen atoms in total. The Morgan fingerprint density at radius 3 is 2.85 bits per heavy atom. The van der Waals surface area contributed by atoms with Gasteiger partial charge in [0.25, 0.3) is 5.91 Å². The summed E-state index contributed by atoms with van der Waals surface area (Å²) in [4.78, 5) is 28.4. The Labute approximate surface area is 115 Å². The number of nitrogens with one attached hydrogen (secondary N) is 1. The maximum absolute atomic E-state index is 12.8. The highest BCUT2D eigenvalue weighted by Gasteiger charge is 2.34. The van der Waals surface area contributed by atoms with Gasteiger partial charge in [0, 0.05) is 0 Å². The van der Waals surface area contributed by atoms with E-state index in [2.05, 4.69) is 5.32 Å². The number of hydrogen-bond donors (Lipinski definition) is 1. The molecule has 108 valence electrons. The predicted molar refractivity (Wildman–Crippen MR) is 66.8 cm³/mol. The molecule has 1 aliphatic heterocycles. The van der Waals surface area contributed by atoms with E-state index in [-0.39, 0.29) is 31.5 Å². The summed E-state index contributed by atoms with van der Waals surface area (Å²) in [6.45, 7) is 2.15. The summed E-state index contributed by atoms with van der Waals surface area (Å²) in [6.07, 6.45) is -0.655. The van der Waals surface area contributed by atoms with Crippen LogP contribution in [0.25, 0.3) is 0 Å². The van der Waals surface area contributed by atoms with Crippen molar-refractivity contribution < 1.29 is 23.6 Å². The topological polar surface area (TPSA) is 67.9 Å². The lowest BCUT2D eigenvalue weighted by Crippen LogP contribution is -2.42. The largest absolute Gasteiger partial charge is 0.450 e. The molecule has 0 saturated carbocycles. The highest BCUT2D eigenvalue weighted by molar-refractivity contribution is 5.86. The molecular weight excluding hydrogens is 267 g/mol. The monoisotopic (exact) mass is 282 g/mol. The number of rotatable bonds is 4. The number of nitrogens with zero attached hydrogens (tertiary/aromatic N) is 1. The third kappa shape index (κ3) is 3.45. The summed E-state index contributed by atoms with van der Waals surface area (Å²) in [5, 5.41) is 3.56. The van der Waals surface area contributed by atoms with Crippen LogP contribution in [0.1, 0.15) is 12.5 Å². The number of halogens is 1. The molecule has 1 saturated heterocycles. The lowest BCUT2D eigenvalue weighted by atomic mass is 10.2. The lowest BCUT2D eigenvalue weighted by molar-refractivity contribution is -0.164. The van der Waals surface area contributed by atoms with E-state index in [0.717, 1.165) is 10.6 Å². The lowest BCUT2D eigenvalue weighted by Gasteiger charge is -2.14. The van der Waals surface area contributed by atoms with Gasteiger partial charge in [0.15, 0.2) is 0 Å². The maximum atomic E-state index is 12.8. The molecule has 1 aromatic carbocycles. The number of alkyl carbamates (subject to hydrolysis) is 1. The zero-order chi connectivity index (χ0) is 14.5. The van der Waals surface area contributed by atoms with Crippen LogP contribution in [0, 0.1) is 5.82 Å². The second kappa shape index (κ2) is 6.33. The van der Waals surface area contributed by atoms with Gasteiger partial charge in [-0.1, -0.05) is 12.1 Å². The first-order valence-corrected chi connectivity index (χ1v) is 6.22. The number of benzene rings is 1. The highest BCUT2D eigenvalue weighted by atomic mass is 19.1. The SMILES string of the molecule is CCOC(=O)N[C@@H]1CON(Cc2ccc(F)cc2)C1=O. The van der Waals surface area contributed by atoms with E-state index >= 15 is 0 Å². The van der Waals surface area contributed by atoms with Crippen LogP contribution in [0.3, 0.4) is 0 Å². The van der Waals surface area contributed by atoms with Crippen molar-refractivity contribution in [3.8, 4) is 0 Å². The fourth-order valence-electron chi connectivity index (χ4n) is 1.77. The average Bonchev–Trinajstić information content (AvgIpc) is 2.74. The Hall–Kier alpha value is -2.15. The minimum atomic E-state index is -0.755. The van der Waals surface area contributed by atoms with Crippen molar-refractivity contribution in [3.63, 3.8) is 0 Å². The van der Waals surface area contributed by atoms with Crippen molar-refractivity contribution in [1.82, 2.24) is 10.4 Å². The van der Waals surface area contributed by atoms with Gasteiger partial charge in [0.1, 0.15) is 18.5 Å². The third-order valence-electron chi connectivity index (χ3n) is 2.75. The predicted octanol–water partition coefficient (Wildman–Crippen LogP) is 1.21. The van der Waals surface area contributed by atoms with E-state index in [1.54, 1.807) is 19.1 Å². The van der Waals surface area contributed by atoms with E-state index in [4.69, 9.17) is 9.57 Å². The van der Waals surface area contributed by atoms with Crippen LogP contribution in [0.2, 0.25) is 0 Å². The molecule has 2 rings (SSSR count). The number of hydrogen-bond acceptors (Lipinski definition) is 4. The van der Waals surface area contributed by atoms with Gasteiger partial charge in [-0.3, -0.25) is 9.63 Å². The molecule has 0 spiro atoms. The van der Waals surface area contributed by atoms with E-state index < -0.39 is 12.1 Å². The quantitative estimate of drug-likeness (QED) is 0.901. The summed E-state index contributed by atoms with van der Waals surface area (Å²) in [5.74, 6) is -0.702. The van der Waals surface area contributed by atoms with Crippen LogP contribution < -0.4 is 5.32 Å². The molecule has 20 heavy (non-hydrogen) atoms. The van der Waals surface area contributed by atoms with Crippen molar-refractivity contribution >= 4 is 12.0 Å². The van der Waals surface area contributed by atoms with Crippen LogP contribution in [0.15, 0.2) is 24.3 Å². The number of carbonyl (C=O) groups is 2. The molecule has 2 amide bonds. The van der Waals surface area contributed by atoms with Crippen molar-refractivity contribution in [2.45, 2.75) is 19.5 Å². The minimum absolute atomic E-state index is 0.0544. The smallest absolute Gasteiger partial charge is 0.407 e. The van der Waals surface area contributed by atoms with Crippen molar-refractivity contribution in [3.05, 3.63) is 35.6 Å². The van der Waals surface area contributed by atoms with Crippen molar-refractivity contribution in [2.75, 3.05) is 13.2 Å². The second-order valence-electron chi connectivity index (χ2n) is 4.21. The molecule has 0 radical (unpaired) electrons. The first-order chi connectivity index (χ1) is 9.60. The number of ether oxygens (including phenoxy) is 1. The van der Waals surface area contributed by atoms with Crippen LogP contribution >= 0.6 is 0 Å². The molecule has 1 aromatic rings. The Kier molecular flexibility index (Phi) is 4.52. The van der Waals surface area contributed by atoms with Gasteiger partial charge in [-0.2, -0.15) is 0 Å². The number of carbonyl (C=O) groups excluding carboxylic acids is 2. The van der Waals surface area contributed by atoms with Crippen LogP contribution in [-0.4, -0.2) is 36.3 Å². The summed E-state index contributed by atoms with van der Waals surface area (Å²) in [7, 11) is 0. The fourth-order valence-corrected chi connectivity index (χ4v) is 1.77. The molecule has 0 aromatic heterocycles. The minimum Gasteiger partial charge on any atom is -0.450 e. The molecule has 1 heterocycles. The molecule has 0 unspecified atom stereocenters. The highest BCUT2D eigenvalue weighted by Crippen LogP contribution is 2.13. The molecule has 1 atom stereocenters. The van der Waals surface area contributed by atoms with Gasteiger partial charge in [0.05, 0.1) is 13.2 Å². The van der Waals surface area contributed by atoms with Crippen LogP contribution in [0.5, 0.6) is 0 Å². The van der Waals surface area contributed by atoms with Gasteiger partial charge in [-0.05, 0) is 24.6 Å². The van der Waals surface area contributed by atoms with Crippen LogP contribution in [-0.2, 0) is 20.9 Å². The van der Waals surface area contributed by atoms with E-state index in [1.165, 1.54) is 12.1 Å². The van der Waals surface area contributed by atoms with Crippen LogP contribution in [0.4, 0.5) is 9.18 Å². The number of hydroxylamine groups is 2. The summed E-state index contributed by atoms with van der Waals surface area (Å²) < 4.78 is 17.5. The Bertz CT molecular complexity index is 492. The Morgan fingerprint density at radius 2 is 2.20 bits per heavy atom. The molecule has 1 aliphatic rings. The molecule has 0 aliphatic carbocycles. The summed E-state index contributed by atoms with van der Waals surface area (Å²) in [5.41, 5.74) is 0.733. The summed E-state index contributed by atoms with van der Waals surface area (Å²) in [6, 6.07) is 5.00. The standard InChI is InChI=1S/C13H15FN2O4/c1-2-19-13(18)15-11-8-20-16(12(11)17)7-9-3-5-10(14)6-4-9/h3-6,11H,2,7-8H2,1H3,(H,15,18)/t11-/m1/s1. The van der Waals surface area contributed by atoms with Crippen molar-refractivity contribution in [2.24, 2.45) is 0 Å². The van der Waals surface area contributed by atoms with Gasteiger partial charge in [-0.25, -0.2) is 14.2 Å². The van der Waals surface area contributed by atoms with Gasteiger partial charge < -0.3 is 10.1 Å². The first kappa shape index (κ1) is 14.3. The Morgan fingerprint density at radius 1 is 1.50 bits per heavy atom. The average molecular weight is 282 g/mol. The van der Waals surface area contributed by atoms with Crippen molar-refractivity contribution in [1.29, 1.82) is 0 Å². The van der Waals surface area contributed by atoms with Gasteiger partial charge >= 0.3 is 6.09 Å². The molecule has 1 N–H and O–H groups in total. The first-order valence-electron chi connectivity index (χ1n) is 6.22. The normalized spacial score (nSPS) is 18.2. The molecule has 7 heteroatoms. The third-order valence-corrected chi connectivity index (χ3v) is 2.75. The number of amides is 2. The zero-order valence-electron chi connectivity index (χ0n) is 11.0. The fraction of sp³-hybridized carbons (Fsp3) is 0.385. The zero-order valence-corrected chi connectivity index (χ0v) is 11.0. The van der Waals surface area contributed by atoms with E-state index in [9.17, 15) is 14.0 Å². The maximum Gasteiger partial charge on any atom is 0.407 e. The van der Waals surface area contributed by atoms with Gasteiger partial charge in [0.2, 0.25) is 0 Å². The molecule has 1 fully saturated rings. The molecule has 0 bridgehead atoms. The van der Waals surface area contributed by atoms with E-state index in [0.29, 0.717) is 0 Å². The Balaban J connectivity index is 1.90. The van der Waals surface area contributed by atoms with E-state index in [1.807, 2.05) is 0 Å². The molecular formula is C13H15FN2O4. The second-order valence-corrected chi connectivity index (χ2v) is 4.21. The van der Waals surface area contributed by atoms with Gasteiger partial charge in [-0.15, -0.1) is 0 Å². The summed E-state index contributed by atoms with van der Waals surface area (Å²) >= 11 is 0.